The maximum atomic E-state index is 5.58. The van der Waals surface area contributed by atoms with Gasteiger partial charge in [0.25, 0.3) is 0 Å². The molecule has 1 saturated carbocycles. The highest BCUT2D eigenvalue weighted by molar-refractivity contribution is 7.13. The first-order valence-corrected chi connectivity index (χ1v) is 6.74. The van der Waals surface area contributed by atoms with Crippen LogP contribution in [-0.4, -0.2) is 12.1 Å². The van der Waals surface area contributed by atoms with E-state index in [0.29, 0.717) is 11.8 Å². The lowest BCUT2D eigenvalue weighted by atomic mass is 9.69. The van der Waals surface area contributed by atoms with Crippen LogP contribution in [0.5, 0.6) is 0 Å². The van der Waals surface area contributed by atoms with Crippen LogP contribution >= 0.6 is 9.39 Å². The monoisotopic (exact) mass is 244 g/mol. The zero-order valence-corrected chi connectivity index (χ0v) is 11.4. The summed E-state index contributed by atoms with van der Waals surface area (Å²) in [4.78, 5) is 5.39. The van der Waals surface area contributed by atoms with Gasteiger partial charge >= 0.3 is 0 Å². The number of nitrogens with one attached hydrogen (secondary N) is 1. The molecular formula is C12H25N2OP. The van der Waals surface area contributed by atoms with Gasteiger partial charge in [0.1, 0.15) is 5.60 Å². The Labute approximate surface area is 101 Å². The Balaban J connectivity index is 2.78. The van der Waals surface area contributed by atoms with E-state index in [1.54, 1.807) is 0 Å². The minimum Gasteiger partial charge on any atom is -0.298 e. The van der Waals surface area contributed by atoms with Crippen LogP contribution in [0.4, 0.5) is 0 Å². The van der Waals surface area contributed by atoms with Crippen LogP contribution in [0.3, 0.4) is 0 Å². The molecule has 1 aliphatic carbocycles. The molecule has 0 aromatic heterocycles. The van der Waals surface area contributed by atoms with Gasteiger partial charge in [0.2, 0.25) is 0 Å². The van der Waals surface area contributed by atoms with Crippen molar-refractivity contribution in [3.05, 3.63) is 12.7 Å². The second-order valence-electron chi connectivity index (χ2n) is 4.83. The van der Waals surface area contributed by atoms with Gasteiger partial charge in [-0.25, -0.2) is 5.90 Å². The SMILES string of the molecule is C=C[C@H]1CCC(CCC)C(CNP)(ON)C1. The minimum absolute atomic E-state index is 0.213. The molecule has 0 spiro atoms. The molecule has 0 radical (unpaired) electrons. The standard InChI is InChI=1S/C12H25N2OP/c1-3-5-11-7-6-10(4-2)8-12(11,15-13)9-14-16/h4,10-11,14H,2-3,5-9,13,16H2,1H3/t10-,11?,12?/m0/s1. The molecule has 1 aliphatic rings. The number of allylic oxidation sites excluding steroid dienone is 1. The van der Waals surface area contributed by atoms with Crippen LogP contribution < -0.4 is 11.0 Å². The third-order valence-corrected chi connectivity index (χ3v) is 4.05. The molecule has 3 N–H and O–H groups in total. The van der Waals surface area contributed by atoms with Crippen molar-refractivity contribution in [3.63, 3.8) is 0 Å². The molecule has 4 heteroatoms. The number of hydrogen-bond donors (Lipinski definition) is 2. The van der Waals surface area contributed by atoms with Gasteiger partial charge in [-0.2, -0.15) is 0 Å². The zero-order chi connectivity index (χ0) is 12.0. The van der Waals surface area contributed by atoms with Gasteiger partial charge in [0.05, 0.1) is 0 Å². The summed E-state index contributed by atoms with van der Waals surface area (Å²) in [6, 6.07) is 0. The third kappa shape index (κ3) is 3.04. The molecule has 0 heterocycles. The first kappa shape index (κ1) is 14.1. The van der Waals surface area contributed by atoms with E-state index in [9.17, 15) is 0 Å². The van der Waals surface area contributed by atoms with Crippen LogP contribution in [0.15, 0.2) is 12.7 Å². The van der Waals surface area contributed by atoms with E-state index in [-0.39, 0.29) is 5.60 Å². The molecule has 16 heavy (non-hydrogen) atoms. The fourth-order valence-electron chi connectivity index (χ4n) is 2.92. The van der Waals surface area contributed by atoms with Crippen molar-refractivity contribution in [2.75, 3.05) is 6.54 Å². The topological polar surface area (TPSA) is 47.3 Å². The van der Waals surface area contributed by atoms with Gasteiger partial charge in [-0.1, -0.05) is 28.8 Å². The zero-order valence-electron chi connectivity index (χ0n) is 10.2. The van der Waals surface area contributed by atoms with Crippen molar-refractivity contribution >= 4 is 9.39 Å². The third-order valence-electron chi connectivity index (χ3n) is 3.84. The molecule has 4 atom stereocenters. The first-order valence-electron chi connectivity index (χ1n) is 6.16. The summed E-state index contributed by atoms with van der Waals surface area (Å²) in [5.41, 5.74) is -0.213. The Morgan fingerprint density at radius 1 is 1.62 bits per heavy atom. The lowest BCUT2D eigenvalue weighted by Gasteiger charge is -2.44. The quantitative estimate of drug-likeness (QED) is 0.428. The fourth-order valence-corrected chi connectivity index (χ4v) is 3.27. The molecule has 3 nitrogen and oxygen atoms in total. The van der Waals surface area contributed by atoms with Crippen LogP contribution in [0.25, 0.3) is 0 Å². The number of rotatable bonds is 6. The highest BCUT2D eigenvalue weighted by Gasteiger charge is 2.43. The average molecular weight is 244 g/mol. The van der Waals surface area contributed by atoms with Crippen molar-refractivity contribution in [1.29, 1.82) is 0 Å². The van der Waals surface area contributed by atoms with Crippen molar-refractivity contribution in [3.8, 4) is 0 Å². The Hall–Kier alpha value is 0.0500. The van der Waals surface area contributed by atoms with Gasteiger partial charge < -0.3 is 0 Å². The van der Waals surface area contributed by atoms with Crippen molar-refractivity contribution in [1.82, 2.24) is 5.09 Å². The smallest absolute Gasteiger partial charge is 0.105 e. The highest BCUT2D eigenvalue weighted by atomic mass is 31.0. The first-order chi connectivity index (χ1) is 7.72. The Morgan fingerprint density at radius 3 is 2.88 bits per heavy atom. The Bertz CT molecular complexity index is 225. The Morgan fingerprint density at radius 2 is 2.38 bits per heavy atom. The molecule has 0 aromatic carbocycles. The van der Waals surface area contributed by atoms with Crippen molar-refractivity contribution < 1.29 is 4.84 Å². The fraction of sp³-hybridized carbons (Fsp3) is 0.833. The van der Waals surface area contributed by atoms with E-state index in [0.717, 1.165) is 13.0 Å². The highest BCUT2D eigenvalue weighted by Crippen LogP contribution is 2.41. The number of nitrogens with two attached hydrogens (primary N) is 1. The molecule has 0 saturated heterocycles. The average Bonchev–Trinajstić information content (AvgIpc) is 2.32. The van der Waals surface area contributed by atoms with E-state index in [1.807, 2.05) is 6.08 Å². The van der Waals surface area contributed by atoms with Crippen molar-refractivity contribution in [2.24, 2.45) is 17.7 Å². The predicted octanol–water partition coefficient (Wildman–Crippen LogP) is 2.40. The molecular weight excluding hydrogens is 219 g/mol. The maximum absolute atomic E-state index is 5.58. The summed E-state index contributed by atoms with van der Waals surface area (Å²) in [5.74, 6) is 6.68. The van der Waals surface area contributed by atoms with E-state index in [4.69, 9.17) is 10.7 Å². The van der Waals surface area contributed by atoms with Crippen LogP contribution in [0.2, 0.25) is 0 Å². The second-order valence-corrected chi connectivity index (χ2v) is 5.23. The lowest BCUT2D eigenvalue weighted by molar-refractivity contribution is -0.117. The second kappa shape index (κ2) is 6.70. The Kier molecular flexibility index (Phi) is 5.91. The normalized spacial score (nSPS) is 34.9. The molecule has 94 valence electrons. The van der Waals surface area contributed by atoms with Crippen LogP contribution in [-0.2, 0) is 4.84 Å². The molecule has 3 unspecified atom stereocenters. The molecule has 0 aliphatic heterocycles. The predicted molar refractivity (Wildman–Crippen MR) is 71.7 cm³/mol. The molecule has 1 rings (SSSR count). The molecule has 1 fully saturated rings. The van der Waals surface area contributed by atoms with E-state index in [1.165, 1.54) is 25.7 Å². The van der Waals surface area contributed by atoms with E-state index in [2.05, 4.69) is 28.0 Å². The van der Waals surface area contributed by atoms with Crippen LogP contribution in [0, 0.1) is 11.8 Å². The summed E-state index contributed by atoms with van der Waals surface area (Å²) in [6.45, 7) is 6.91. The van der Waals surface area contributed by atoms with E-state index >= 15 is 0 Å². The van der Waals surface area contributed by atoms with Gasteiger partial charge in [0, 0.05) is 6.54 Å². The summed E-state index contributed by atoms with van der Waals surface area (Å²) in [6.07, 6.45) is 7.81. The van der Waals surface area contributed by atoms with E-state index < -0.39 is 0 Å². The largest absolute Gasteiger partial charge is 0.298 e. The van der Waals surface area contributed by atoms with Crippen LogP contribution in [0.1, 0.15) is 39.0 Å². The number of hydrogen-bond acceptors (Lipinski definition) is 3. The van der Waals surface area contributed by atoms with Gasteiger partial charge in [-0.3, -0.25) is 9.92 Å². The lowest BCUT2D eigenvalue weighted by Crippen LogP contribution is -2.52. The molecule has 0 aromatic rings. The van der Waals surface area contributed by atoms with Crippen molar-refractivity contribution in [2.45, 2.75) is 44.6 Å². The summed E-state index contributed by atoms with van der Waals surface area (Å²) in [5, 5.41) is 3.14. The van der Waals surface area contributed by atoms with Gasteiger partial charge in [-0.05, 0) is 37.5 Å². The molecule has 0 amide bonds. The van der Waals surface area contributed by atoms with Gasteiger partial charge in [0.15, 0.2) is 0 Å². The summed E-state index contributed by atoms with van der Waals surface area (Å²) >= 11 is 0. The van der Waals surface area contributed by atoms with Gasteiger partial charge in [-0.15, -0.1) is 6.58 Å². The summed E-state index contributed by atoms with van der Waals surface area (Å²) < 4.78 is 0. The summed E-state index contributed by atoms with van der Waals surface area (Å²) in [7, 11) is 2.54. The maximum Gasteiger partial charge on any atom is 0.105 e. The minimum atomic E-state index is -0.213. The molecule has 0 bridgehead atoms.